The predicted molar refractivity (Wildman–Crippen MR) is 77.6 cm³/mol. The third-order valence-electron chi connectivity index (χ3n) is 3.16. The number of ether oxygens (including phenoxy) is 2. The van der Waals surface area contributed by atoms with E-state index in [1.54, 1.807) is 32.4 Å². The first-order chi connectivity index (χ1) is 10.1. The fourth-order valence-electron chi connectivity index (χ4n) is 2.18. The van der Waals surface area contributed by atoms with Crippen molar-refractivity contribution in [1.29, 1.82) is 0 Å². The van der Waals surface area contributed by atoms with Gasteiger partial charge in [0.25, 0.3) is 5.56 Å². The standard InChI is InChI=1S/C14H13N3O4/c1-19-9-4-3-7(5-10(9)20-2)8-6-21-13-11(8)12(18)16-14(15)17-13/h3-6H,1-2H3,(H3,15,16,17,18). The molecule has 0 fully saturated rings. The van der Waals surface area contributed by atoms with Gasteiger partial charge in [-0.1, -0.05) is 6.07 Å². The molecule has 0 spiro atoms. The Morgan fingerprint density at radius 2 is 2.00 bits per heavy atom. The molecule has 108 valence electrons. The van der Waals surface area contributed by atoms with Crippen molar-refractivity contribution in [3.8, 4) is 22.6 Å². The van der Waals surface area contributed by atoms with E-state index in [1.807, 2.05) is 0 Å². The fourth-order valence-corrected chi connectivity index (χ4v) is 2.18. The number of nitrogens with zero attached hydrogens (tertiary/aromatic N) is 1. The highest BCUT2D eigenvalue weighted by atomic mass is 16.5. The number of hydrogen-bond donors (Lipinski definition) is 2. The molecule has 7 nitrogen and oxygen atoms in total. The second kappa shape index (κ2) is 4.86. The van der Waals surface area contributed by atoms with Crippen LogP contribution in [0.25, 0.3) is 22.2 Å². The lowest BCUT2D eigenvalue weighted by atomic mass is 10.1. The van der Waals surface area contributed by atoms with Gasteiger partial charge >= 0.3 is 0 Å². The van der Waals surface area contributed by atoms with Gasteiger partial charge in [-0.15, -0.1) is 0 Å². The van der Waals surface area contributed by atoms with Gasteiger partial charge in [-0.2, -0.15) is 4.98 Å². The van der Waals surface area contributed by atoms with Gasteiger partial charge in [0.1, 0.15) is 11.6 Å². The zero-order valence-electron chi connectivity index (χ0n) is 11.5. The lowest BCUT2D eigenvalue weighted by molar-refractivity contribution is 0.355. The van der Waals surface area contributed by atoms with Gasteiger partial charge in [0.15, 0.2) is 11.5 Å². The maximum absolute atomic E-state index is 12.0. The molecule has 0 aliphatic heterocycles. The van der Waals surface area contributed by atoms with Crippen molar-refractivity contribution in [3.05, 3.63) is 34.8 Å². The second-order valence-corrected chi connectivity index (χ2v) is 4.35. The number of methoxy groups -OCH3 is 2. The van der Waals surface area contributed by atoms with Crippen LogP contribution in [0.15, 0.2) is 33.7 Å². The molecule has 0 saturated heterocycles. The summed E-state index contributed by atoms with van der Waals surface area (Å²) in [7, 11) is 3.10. The Bertz CT molecular complexity index is 866. The fraction of sp³-hybridized carbons (Fsp3) is 0.143. The summed E-state index contributed by atoms with van der Waals surface area (Å²) in [5.41, 5.74) is 6.70. The summed E-state index contributed by atoms with van der Waals surface area (Å²) in [4.78, 5) is 18.5. The molecule has 0 saturated carbocycles. The van der Waals surface area contributed by atoms with E-state index in [0.717, 1.165) is 5.56 Å². The van der Waals surface area contributed by atoms with E-state index in [0.29, 0.717) is 22.4 Å². The van der Waals surface area contributed by atoms with Gasteiger partial charge in [0.05, 0.1) is 14.2 Å². The molecule has 0 amide bonds. The van der Waals surface area contributed by atoms with Crippen LogP contribution in [0.1, 0.15) is 0 Å². The summed E-state index contributed by atoms with van der Waals surface area (Å²) >= 11 is 0. The van der Waals surface area contributed by atoms with E-state index in [2.05, 4.69) is 9.97 Å². The second-order valence-electron chi connectivity index (χ2n) is 4.35. The Kier molecular flexibility index (Phi) is 3.02. The van der Waals surface area contributed by atoms with Crippen LogP contribution in [0.3, 0.4) is 0 Å². The van der Waals surface area contributed by atoms with Crippen LogP contribution in [0, 0.1) is 0 Å². The summed E-state index contributed by atoms with van der Waals surface area (Å²) in [5.74, 6) is 1.18. The highest BCUT2D eigenvalue weighted by Crippen LogP contribution is 2.34. The van der Waals surface area contributed by atoms with Crippen molar-refractivity contribution in [2.45, 2.75) is 0 Å². The van der Waals surface area contributed by atoms with Crippen molar-refractivity contribution < 1.29 is 13.9 Å². The lowest BCUT2D eigenvalue weighted by Gasteiger charge is -2.08. The first-order valence-corrected chi connectivity index (χ1v) is 6.13. The van der Waals surface area contributed by atoms with Gasteiger partial charge in [-0.05, 0) is 17.7 Å². The molecule has 21 heavy (non-hydrogen) atoms. The molecule has 0 unspecified atom stereocenters. The third kappa shape index (κ3) is 2.08. The van der Waals surface area contributed by atoms with Crippen molar-refractivity contribution in [2.75, 3.05) is 20.0 Å². The first kappa shape index (κ1) is 13.0. The van der Waals surface area contributed by atoms with Crippen LogP contribution < -0.4 is 20.8 Å². The number of fused-ring (bicyclic) bond motifs is 1. The largest absolute Gasteiger partial charge is 0.493 e. The number of benzene rings is 1. The van der Waals surface area contributed by atoms with Gasteiger partial charge in [0.2, 0.25) is 11.7 Å². The Morgan fingerprint density at radius 1 is 1.24 bits per heavy atom. The molecule has 0 radical (unpaired) electrons. The lowest BCUT2D eigenvalue weighted by Crippen LogP contribution is -2.10. The maximum Gasteiger partial charge on any atom is 0.264 e. The van der Waals surface area contributed by atoms with Crippen LogP contribution >= 0.6 is 0 Å². The smallest absolute Gasteiger partial charge is 0.264 e. The first-order valence-electron chi connectivity index (χ1n) is 6.13. The number of hydrogen-bond acceptors (Lipinski definition) is 6. The van der Waals surface area contributed by atoms with E-state index in [9.17, 15) is 4.79 Å². The summed E-state index contributed by atoms with van der Waals surface area (Å²) in [6, 6.07) is 5.33. The molecule has 0 aliphatic carbocycles. The highest BCUT2D eigenvalue weighted by Gasteiger charge is 2.15. The molecular formula is C14H13N3O4. The number of rotatable bonds is 3. The molecule has 0 aliphatic rings. The van der Waals surface area contributed by atoms with Crippen LogP contribution in [-0.2, 0) is 0 Å². The van der Waals surface area contributed by atoms with Crippen LogP contribution in [0.4, 0.5) is 5.95 Å². The summed E-state index contributed by atoms with van der Waals surface area (Å²) in [6.07, 6.45) is 1.47. The number of nitrogens with two attached hydrogens (primary N) is 1. The van der Waals surface area contributed by atoms with Crippen LogP contribution in [0.5, 0.6) is 11.5 Å². The SMILES string of the molecule is COc1ccc(-c2coc3nc(N)[nH]c(=O)c23)cc1OC. The molecular weight excluding hydrogens is 274 g/mol. The van der Waals surface area contributed by atoms with Gasteiger partial charge in [0, 0.05) is 5.56 Å². The number of nitrogen functional groups attached to an aromatic ring is 1. The zero-order chi connectivity index (χ0) is 15.0. The molecule has 7 heteroatoms. The summed E-state index contributed by atoms with van der Waals surface area (Å²) < 4.78 is 15.8. The van der Waals surface area contributed by atoms with Crippen LogP contribution in [0.2, 0.25) is 0 Å². The Morgan fingerprint density at radius 3 is 2.71 bits per heavy atom. The number of anilines is 1. The predicted octanol–water partition coefficient (Wildman–Crippen LogP) is 1.78. The van der Waals surface area contributed by atoms with Crippen molar-refractivity contribution in [3.63, 3.8) is 0 Å². The van der Waals surface area contributed by atoms with Crippen molar-refractivity contribution in [1.82, 2.24) is 9.97 Å². The number of furan rings is 1. The summed E-state index contributed by atoms with van der Waals surface area (Å²) in [6.45, 7) is 0. The molecule has 3 aromatic rings. The Hall–Kier alpha value is -2.96. The Balaban J connectivity index is 2.24. The van der Waals surface area contributed by atoms with E-state index < -0.39 is 0 Å². The van der Waals surface area contributed by atoms with Gasteiger partial charge < -0.3 is 19.6 Å². The zero-order valence-corrected chi connectivity index (χ0v) is 11.5. The normalized spacial score (nSPS) is 10.8. The Labute approximate surface area is 119 Å². The number of H-pyrrole nitrogens is 1. The van der Waals surface area contributed by atoms with Crippen molar-refractivity contribution in [2.24, 2.45) is 0 Å². The van der Waals surface area contributed by atoms with Crippen LogP contribution in [-0.4, -0.2) is 24.2 Å². The molecule has 3 N–H and O–H groups in total. The summed E-state index contributed by atoms with van der Waals surface area (Å²) in [5, 5.41) is 0.344. The monoisotopic (exact) mass is 287 g/mol. The van der Waals surface area contributed by atoms with E-state index in [1.165, 1.54) is 6.26 Å². The number of nitrogens with one attached hydrogen (secondary N) is 1. The molecule has 2 heterocycles. The highest BCUT2D eigenvalue weighted by molar-refractivity contribution is 5.92. The molecule has 0 bridgehead atoms. The molecule has 1 aromatic carbocycles. The minimum absolute atomic E-state index is 0.0145. The minimum atomic E-state index is -0.351. The van der Waals surface area contributed by atoms with E-state index >= 15 is 0 Å². The molecule has 0 atom stereocenters. The molecule has 3 rings (SSSR count). The number of aromatic nitrogens is 2. The quantitative estimate of drug-likeness (QED) is 0.761. The van der Waals surface area contributed by atoms with Gasteiger partial charge in [-0.3, -0.25) is 9.78 Å². The topological polar surface area (TPSA) is 103 Å². The van der Waals surface area contributed by atoms with E-state index in [4.69, 9.17) is 19.6 Å². The molecule has 2 aromatic heterocycles. The van der Waals surface area contributed by atoms with Gasteiger partial charge in [-0.25, -0.2) is 0 Å². The number of aromatic amines is 1. The van der Waals surface area contributed by atoms with Crippen molar-refractivity contribution >= 4 is 17.0 Å². The maximum atomic E-state index is 12.0. The average Bonchev–Trinajstić information content (AvgIpc) is 2.90. The van der Waals surface area contributed by atoms with E-state index in [-0.39, 0.29) is 17.2 Å². The average molecular weight is 287 g/mol. The third-order valence-corrected chi connectivity index (χ3v) is 3.16. The minimum Gasteiger partial charge on any atom is -0.493 e.